The maximum Gasteiger partial charge on any atom is 0.175 e. The van der Waals surface area contributed by atoms with E-state index in [1.54, 1.807) is 6.07 Å². The van der Waals surface area contributed by atoms with Crippen molar-refractivity contribution >= 4 is 21.2 Å². The van der Waals surface area contributed by atoms with Crippen molar-refractivity contribution < 1.29 is 8.42 Å². The molecule has 2 fully saturated rings. The molecule has 3 aliphatic heterocycles. The SMILES string of the molecule is CS(=O)(=O)c1ccccc1CN1CCC(N2CCC(N3CNc4ccccc43)CC2)CC1. The molecule has 0 aromatic heterocycles. The molecule has 0 radical (unpaired) electrons. The molecule has 0 aliphatic carbocycles. The van der Waals surface area contributed by atoms with E-state index in [2.05, 4.69) is 44.3 Å². The summed E-state index contributed by atoms with van der Waals surface area (Å²) in [4.78, 5) is 8.14. The van der Waals surface area contributed by atoms with Crippen LogP contribution in [0.2, 0.25) is 0 Å². The maximum absolute atomic E-state index is 12.1. The van der Waals surface area contributed by atoms with Gasteiger partial charge in [0.25, 0.3) is 0 Å². The van der Waals surface area contributed by atoms with Crippen LogP contribution < -0.4 is 10.2 Å². The van der Waals surface area contributed by atoms with Crippen LogP contribution in [-0.2, 0) is 16.4 Å². The molecule has 2 saturated heterocycles. The summed E-state index contributed by atoms with van der Waals surface area (Å²) in [7, 11) is -3.19. The van der Waals surface area contributed by atoms with Crippen LogP contribution >= 0.6 is 0 Å². The molecule has 1 N–H and O–H groups in total. The highest BCUT2D eigenvalue weighted by molar-refractivity contribution is 7.90. The summed E-state index contributed by atoms with van der Waals surface area (Å²) in [6.45, 7) is 6.06. The summed E-state index contributed by atoms with van der Waals surface area (Å²) in [6, 6.07) is 17.4. The van der Waals surface area contributed by atoms with Crippen molar-refractivity contribution in [3.63, 3.8) is 0 Å². The van der Waals surface area contributed by atoms with Gasteiger partial charge >= 0.3 is 0 Å². The van der Waals surface area contributed by atoms with Crippen LogP contribution in [0.25, 0.3) is 0 Å². The second kappa shape index (κ2) is 9.04. The lowest BCUT2D eigenvalue weighted by Gasteiger charge is -2.43. The van der Waals surface area contributed by atoms with Gasteiger partial charge in [-0.2, -0.15) is 0 Å². The van der Waals surface area contributed by atoms with Gasteiger partial charge in [-0.1, -0.05) is 30.3 Å². The first-order valence-electron chi connectivity index (χ1n) is 11.8. The van der Waals surface area contributed by atoms with Crippen LogP contribution in [0.1, 0.15) is 31.2 Å². The Labute approximate surface area is 192 Å². The van der Waals surface area contributed by atoms with Gasteiger partial charge in [-0.15, -0.1) is 0 Å². The van der Waals surface area contributed by atoms with E-state index in [1.165, 1.54) is 56.4 Å². The summed E-state index contributed by atoms with van der Waals surface area (Å²) >= 11 is 0. The lowest BCUT2D eigenvalue weighted by atomic mass is 9.96. The van der Waals surface area contributed by atoms with Crippen molar-refractivity contribution in [2.24, 2.45) is 0 Å². The summed E-state index contributed by atoms with van der Waals surface area (Å²) in [5.74, 6) is 0. The van der Waals surface area contributed by atoms with Crippen molar-refractivity contribution in [2.45, 2.75) is 49.2 Å². The molecule has 0 amide bonds. The van der Waals surface area contributed by atoms with Crippen molar-refractivity contribution in [1.82, 2.24) is 9.80 Å². The van der Waals surface area contributed by atoms with Gasteiger partial charge in [0.2, 0.25) is 0 Å². The molecule has 32 heavy (non-hydrogen) atoms. The van der Waals surface area contributed by atoms with Gasteiger partial charge in [0.15, 0.2) is 9.84 Å². The number of fused-ring (bicyclic) bond motifs is 1. The number of hydrogen-bond acceptors (Lipinski definition) is 6. The number of anilines is 2. The predicted molar refractivity (Wildman–Crippen MR) is 130 cm³/mol. The second-order valence-corrected chi connectivity index (χ2v) is 11.5. The molecule has 5 rings (SSSR count). The molecule has 2 aromatic rings. The van der Waals surface area contributed by atoms with E-state index in [-0.39, 0.29) is 0 Å². The standard InChI is InChI=1S/C25H34N4O2S/c1-32(30,31)25-9-5-2-6-20(25)18-27-14-10-21(11-15-27)28-16-12-22(13-17-28)29-19-26-23-7-3-4-8-24(23)29/h2-9,21-22,26H,10-19H2,1H3. The Hall–Kier alpha value is -2.09. The molecule has 6 nitrogen and oxygen atoms in total. The number of benzene rings is 2. The van der Waals surface area contributed by atoms with E-state index in [0.29, 0.717) is 17.0 Å². The topological polar surface area (TPSA) is 55.9 Å². The molecule has 0 atom stereocenters. The molecule has 3 aliphatic rings. The summed E-state index contributed by atoms with van der Waals surface area (Å²) in [5.41, 5.74) is 3.54. The van der Waals surface area contributed by atoms with E-state index in [4.69, 9.17) is 0 Å². The Bertz CT molecular complexity index is 1040. The number of rotatable bonds is 5. The minimum Gasteiger partial charge on any atom is -0.366 e. The zero-order chi connectivity index (χ0) is 22.1. The average molecular weight is 455 g/mol. The summed E-state index contributed by atoms with van der Waals surface area (Å²) in [5, 5.41) is 3.53. The normalized spacial score (nSPS) is 21.5. The zero-order valence-electron chi connectivity index (χ0n) is 18.9. The first-order chi connectivity index (χ1) is 15.5. The Morgan fingerprint density at radius 3 is 2.28 bits per heavy atom. The number of hydrogen-bond donors (Lipinski definition) is 1. The third-order valence-electron chi connectivity index (χ3n) is 7.43. The van der Waals surface area contributed by atoms with Crippen molar-refractivity contribution in [2.75, 3.05) is 49.3 Å². The van der Waals surface area contributed by atoms with Gasteiger partial charge in [0, 0.05) is 38.0 Å². The Morgan fingerprint density at radius 2 is 1.53 bits per heavy atom. The fraction of sp³-hybridized carbons (Fsp3) is 0.520. The largest absolute Gasteiger partial charge is 0.366 e. The van der Waals surface area contributed by atoms with Crippen LogP contribution in [0.15, 0.2) is 53.4 Å². The number of para-hydroxylation sites is 2. The van der Waals surface area contributed by atoms with Crippen molar-refractivity contribution in [3.05, 3.63) is 54.1 Å². The van der Waals surface area contributed by atoms with E-state index in [1.807, 2.05) is 18.2 Å². The summed E-state index contributed by atoms with van der Waals surface area (Å²) < 4.78 is 24.2. The van der Waals surface area contributed by atoms with Crippen LogP contribution in [0.5, 0.6) is 0 Å². The lowest BCUT2D eigenvalue weighted by molar-refractivity contribution is 0.0841. The fourth-order valence-electron chi connectivity index (χ4n) is 5.70. The second-order valence-electron chi connectivity index (χ2n) is 9.48. The number of sulfone groups is 1. The Kier molecular flexibility index (Phi) is 6.14. The molecular formula is C25H34N4O2S. The van der Waals surface area contributed by atoms with Gasteiger partial charge in [-0.25, -0.2) is 8.42 Å². The van der Waals surface area contributed by atoms with Crippen LogP contribution in [-0.4, -0.2) is 69.4 Å². The van der Waals surface area contributed by atoms with E-state index in [0.717, 1.165) is 31.9 Å². The third kappa shape index (κ3) is 4.51. The van der Waals surface area contributed by atoms with Crippen LogP contribution in [0, 0.1) is 0 Å². The van der Waals surface area contributed by atoms with Gasteiger partial charge in [-0.05, 0) is 62.5 Å². The minimum atomic E-state index is -3.19. The van der Waals surface area contributed by atoms with E-state index in [9.17, 15) is 8.42 Å². The predicted octanol–water partition coefficient (Wildman–Crippen LogP) is 3.41. The monoisotopic (exact) mass is 454 g/mol. The zero-order valence-corrected chi connectivity index (χ0v) is 19.7. The van der Waals surface area contributed by atoms with Crippen LogP contribution in [0.4, 0.5) is 11.4 Å². The molecule has 2 aromatic carbocycles. The quantitative estimate of drug-likeness (QED) is 0.747. The molecule has 0 unspecified atom stereocenters. The lowest BCUT2D eigenvalue weighted by Crippen LogP contribution is -2.51. The molecule has 0 spiro atoms. The van der Waals surface area contributed by atoms with E-state index >= 15 is 0 Å². The Balaban J connectivity index is 1.13. The highest BCUT2D eigenvalue weighted by atomic mass is 32.2. The van der Waals surface area contributed by atoms with Gasteiger partial charge in [-0.3, -0.25) is 4.90 Å². The Morgan fingerprint density at radius 1 is 0.875 bits per heavy atom. The molecule has 0 bridgehead atoms. The number of likely N-dealkylation sites (tertiary alicyclic amines) is 2. The molecule has 0 saturated carbocycles. The van der Waals surface area contributed by atoms with Crippen LogP contribution in [0.3, 0.4) is 0 Å². The third-order valence-corrected chi connectivity index (χ3v) is 8.63. The average Bonchev–Trinajstić information content (AvgIpc) is 3.24. The number of nitrogens with one attached hydrogen (secondary N) is 1. The summed E-state index contributed by atoms with van der Waals surface area (Å²) in [6.07, 6.45) is 6.08. The fourth-order valence-corrected chi connectivity index (χ4v) is 6.63. The number of piperidine rings is 2. The molecular weight excluding hydrogens is 420 g/mol. The molecule has 3 heterocycles. The van der Waals surface area contributed by atoms with Crippen molar-refractivity contribution in [3.8, 4) is 0 Å². The highest BCUT2D eigenvalue weighted by Crippen LogP contribution is 2.35. The van der Waals surface area contributed by atoms with Gasteiger partial charge in [0.1, 0.15) is 0 Å². The first kappa shape index (κ1) is 21.7. The maximum atomic E-state index is 12.1. The highest BCUT2D eigenvalue weighted by Gasteiger charge is 2.32. The minimum absolute atomic E-state index is 0.474. The molecule has 172 valence electrons. The first-order valence-corrected chi connectivity index (χ1v) is 13.7. The molecule has 7 heteroatoms. The smallest absolute Gasteiger partial charge is 0.175 e. The van der Waals surface area contributed by atoms with Crippen molar-refractivity contribution in [1.29, 1.82) is 0 Å². The van der Waals surface area contributed by atoms with Gasteiger partial charge in [0.05, 0.1) is 22.9 Å². The van der Waals surface area contributed by atoms with E-state index < -0.39 is 9.84 Å². The number of nitrogens with zero attached hydrogens (tertiary/aromatic N) is 3. The van der Waals surface area contributed by atoms with Gasteiger partial charge < -0.3 is 15.1 Å².